The van der Waals surface area contributed by atoms with Crippen LogP contribution in [0.15, 0.2) is 77.7 Å². The van der Waals surface area contributed by atoms with Crippen LogP contribution in [0.3, 0.4) is 0 Å². The summed E-state index contributed by atoms with van der Waals surface area (Å²) in [7, 11) is -2.52. The topological polar surface area (TPSA) is 86.8 Å². The van der Waals surface area contributed by atoms with E-state index < -0.39 is 22.0 Å². The van der Waals surface area contributed by atoms with Gasteiger partial charge in [0.2, 0.25) is 21.8 Å². The first kappa shape index (κ1) is 26.4. The van der Waals surface area contributed by atoms with E-state index in [2.05, 4.69) is 5.32 Å². The summed E-state index contributed by atoms with van der Waals surface area (Å²) in [6, 6.07) is 21.2. The Bertz CT molecular complexity index is 1280. The van der Waals surface area contributed by atoms with Crippen molar-refractivity contribution >= 4 is 32.6 Å². The van der Waals surface area contributed by atoms with Gasteiger partial charge in [-0.2, -0.15) is 4.31 Å². The van der Waals surface area contributed by atoms with Crippen LogP contribution in [0.1, 0.15) is 26.3 Å². The first-order chi connectivity index (χ1) is 16.6. The molecule has 35 heavy (non-hydrogen) atoms. The number of likely N-dealkylation sites (N-methyl/N-ethyl adjacent to an activating group) is 1. The number of carbonyl (C=O) groups excluding carboxylic acids is 2. The minimum atomic E-state index is -3.91. The molecule has 2 amide bonds. The smallest absolute Gasteiger partial charge is 0.243 e. The molecule has 0 radical (unpaired) electrons. The minimum Gasteiger partial charge on any atom is -0.352 e. The molecule has 0 heterocycles. The SMILES string of the molecule is CC(C)NC(=O)C(C)N(CCc1ccccc1)C(=O)CN(C)S(=O)(=O)c1ccc2ccccc2c1. The maximum atomic E-state index is 13.3. The number of benzene rings is 3. The molecule has 0 aromatic heterocycles. The summed E-state index contributed by atoms with van der Waals surface area (Å²) < 4.78 is 27.5. The zero-order valence-electron chi connectivity index (χ0n) is 20.6. The van der Waals surface area contributed by atoms with Gasteiger partial charge < -0.3 is 10.2 Å². The fourth-order valence-corrected chi connectivity index (χ4v) is 5.01. The van der Waals surface area contributed by atoms with Crippen molar-refractivity contribution < 1.29 is 18.0 Å². The number of amides is 2. The first-order valence-corrected chi connectivity index (χ1v) is 13.1. The van der Waals surface area contributed by atoms with E-state index in [1.807, 2.05) is 68.4 Å². The number of hydrogen-bond acceptors (Lipinski definition) is 4. The lowest BCUT2D eigenvalue weighted by atomic mass is 10.1. The summed E-state index contributed by atoms with van der Waals surface area (Å²) >= 11 is 0. The third kappa shape index (κ3) is 6.68. The maximum Gasteiger partial charge on any atom is 0.243 e. The average Bonchev–Trinajstić information content (AvgIpc) is 2.83. The van der Waals surface area contributed by atoms with Crippen LogP contribution < -0.4 is 5.32 Å². The predicted octanol–water partition coefficient (Wildman–Crippen LogP) is 3.44. The fraction of sp³-hybridized carbons (Fsp3) is 0.333. The summed E-state index contributed by atoms with van der Waals surface area (Å²) in [5, 5.41) is 4.57. The lowest BCUT2D eigenvalue weighted by molar-refractivity contribution is -0.140. The second kappa shape index (κ2) is 11.5. The van der Waals surface area contributed by atoms with Gasteiger partial charge in [-0.05, 0) is 55.7 Å². The van der Waals surface area contributed by atoms with E-state index in [1.165, 1.54) is 11.9 Å². The van der Waals surface area contributed by atoms with Crippen LogP contribution in [0.2, 0.25) is 0 Å². The molecule has 0 bridgehead atoms. The van der Waals surface area contributed by atoms with E-state index in [4.69, 9.17) is 0 Å². The number of hydrogen-bond donors (Lipinski definition) is 1. The van der Waals surface area contributed by atoms with Crippen LogP contribution in [-0.2, 0) is 26.0 Å². The van der Waals surface area contributed by atoms with E-state index in [-0.39, 0.29) is 23.4 Å². The molecule has 0 saturated heterocycles. The van der Waals surface area contributed by atoms with Crippen molar-refractivity contribution in [1.29, 1.82) is 0 Å². The van der Waals surface area contributed by atoms with Crippen LogP contribution in [0.4, 0.5) is 0 Å². The standard InChI is InChI=1S/C27H33N3O4S/c1-20(2)28-27(32)21(3)30(17-16-22-10-6-5-7-11-22)26(31)19-29(4)35(33,34)25-15-14-23-12-8-9-13-24(23)18-25/h5-15,18,20-21H,16-17,19H2,1-4H3,(H,28,32). The Morgan fingerprint density at radius 3 is 2.17 bits per heavy atom. The largest absolute Gasteiger partial charge is 0.352 e. The number of fused-ring (bicyclic) bond motifs is 1. The van der Waals surface area contributed by atoms with Gasteiger partial charge in [0.15, 0.2) is 0 Å². The van der Waals surface area contributed by atoms with Gasteiger partial charge in [-0.15, -0.1) is 0 Å². The molecule has 1 atom stereocenters. The number of nitrogens with zero attached hydrogens (tertiary/aromatic N) is 2. The van der Waals surface area contributed by atoms with Crippen molar-refractivity contribution in [2.45, 2.75) is 44.2 Å². The van der Waals surface area contributed by atoms with Crippen molar-refractivity contribution in [1.82, 2.24) is 14.5 Å². The van der Waals surface area contributed by atoms with E-state index in [1.54, 1.807) is 25.1 Å². The molecule has 3 aromatic carbocycles. The highest BCUT2D eigenvalue weighted by atomic mass is 32.2. The molecule has 0 spiro atoms. The lowest BCUT2D eigenvalue weighted by Gasteiger charge is -2.30. The summed E-state index contributed by atoms with van der Waals surface area (Å²) in [5.74, 6) is -0.708. The normalized spacial score (nSPS) is 12.6. The highest BCUT2D eigenvalue weighted by Gasteiger charge is 2.30. The zero-order valence-corrected chi connectivity index (χ0v) is 21.5. The predicted molar refractivity (Wildman–Crippen MR) is 138 cm³/mol. The van der Waals surface area contributed by atoms with Gasteiger partial charge >= 0.3 is 0 Å². The van der Waals surface area contributed by atoms with Gasteiger partial charge in [0.25, 0.3) is 0 Å². The molecule has 0 saturated carbocycles. The molecule has 7 nitrogen and oxygen atoms in total. The van der Waals surface area contributed by atoms with Crippen molar-refractivity contribution in [2.75, 3.05) is 20.1 Å². The molecule has 0 aliphatic carbocycles. The second-order valence-corrected chi connectivity index (χ2v) is 11.0. The molecule has 3 rings (SSSR count). The highest BCUT2D eigenvalue weighted by molar-refractivity contribution is 7.89. The fourth-order valence-electron chi connectivity index (χ4n) is 3.85. The Morgan fingerprint density at radius 2 is 1.51 bits per heavy atom. The van der Waals surface area contributed by atoms with Gasteiger partial charge in [0, 0.05) is 19.6 Å². The number of rotatable bonds is 10. The van der Waals surface area contributed by atoms with Gasteiger partial charge in [0.05, 0.1) is 11.4 Å². The minimum absolute atomic E-state index is 0.0769. The Kier molecular flexibility index (Phi) is 8.64. The molecule has 0 aliphatic rings. The molecule has 3 aromatic rings. The summed E-state index contributed by atoms with van der Waals surface area (Å²) in [6.45, 7) is 5.29. The van der Waals surface area contributed by atoms with E-state index >= 15 is 0 Å². The van der Waals surface area contributed by atoms with Gasteiger partial charge in [0.1, 0.15) is 6.04 Å². The summed E-state index contributed by atoms with van der Waals surface area (Å²) in [5.41, 5.74) is 1.03. The van der Waals surface area contributed by atoms with E-state index in [9.17, 15) is 18.0 Å². The van der Waals surface area contributed by atoms with E-state index in [0.717, 1.165) is 20.6 Å². The third-order valence-corrected chi connectivity index (χ3v) is 7.67. The first-order valence-electron chi connectivity index (χ1n) is 11.7. The monoisotopic (exact) mass is 495 g/mol. The average molecular weight is 496 g/mol. The van der Waals surface area contributed by atoms with Crippen molar-refractivity contribution in [3.05, 3.63) is 78.4 Å². The van der Waals surface area contributed by atoms with Crippen LogP contribution in [0.5, 0.6) is 0 Å². The Morgan fingerprint density at radius 1 is 0.886 bits per heavy atom. The molecule has 1 unspecified atom stereocenters. The van der Waals surface area contributed by atoms with Crippen LogP contribution in [0, 0.1) is 0 Å². The molecule has 186 valence electrons. The molecular formula is C27H33N3O4S. The van der Waals surface area contributed by atoms with Gasteiger partial charge in [-0.25, -0.2) is 8.42 Å². The van der Waals surface area contributed by atoms with Crippen LogP contribution >= 0.6 is 0 Å². The van der Waals surface area contributed by atoms with Crippen LogP contribution in [-0.4, -0.2) is 61.7 Å². The van der Waals surface area contributed by atoms with Gasteiger partial charge in [-0.3, -0.25) is 9.59 Å². The summed E-state index contributed by atoms with van der Waals surface area (Å²) in [6.07, 6.45) is 0.549. The Labute approximate surface area is 207 Å². The molecular weight excluding hydrogens is 462 g/mol. The maximum absolute atomic E-state index is 13.3. The van der Waals surface area contributed by atoms with Crippen molar-refractivity contribution in [2.24, 2.45) is 0 Å². The summed E-state index contributed by atoms with van der Waals surface area (Å²) in [4.78, 5) is 27.6. The molecule has 0 fully saturated rings. The molecule has 8 heteroatoms. The second-order valence-electron chi connectivity index (χ2n) is 8.93. The number of sulfonamides is 1. The van der Waals surface area contributed by atoms with Crippen molar-refractivity contribution in [3.8, 4) is 0 Å². The molecule has 0 aliphatic heterocycles. The van der Waals surface area contributed by atoms with Gasteiger partial charge in [-0.1, -0.05) is 60.7 Å². The Balaban J connectivity index is 1.80. The molecule has 1 N–H and O–H groups in total. The Hall–Kier alpha value is -3.23. The number of nitrogens with one attached hydrogen (secondary N) is 1. The quantitative estimate of drug-likeness (QED) is 0.467. The van der Waals surface area contributed by atoms with Crippen molar-refractivity contribution in [3.63, 3.8) is 0 Å². The lowest BCUT2D eigenvalue weighted by Crippen LogP contribution is -2.52. The van der Waals surface area contributed by atoms with E-state index in [0.29, 0.717) is 13.0 Å². The third-order valence-electron chi connectivity index (χ3n) is 5.87. The highest BCUT2D eigenvalue weighted by Crippen LogP contribution is 2.21. The zero-order chi connectivity index (χ0) is 25.6. The van der Waals surface area contributed by atoms with Crippen LogP contribution in [0.25, 0.3) is 10.8 Å². The number of carbonyl (C=O) groups is 2.